The van der Waals surface area contributed by atoms with Crippen molar-refractivity contribution in [3.05, 3.63) is 60.2 Å². The van der Waals surface area contributed by atoms with Crippen LogP contribution in [0.1, 0.15) is 36.2 Å². The Bertz CT molecular complexity index is 823. The van der Waals surface area contributed by atoms with Crippen LogP contribution in [-0.2, 0) is 7.05 Å². The second kappa shape index (κ2) is 6.20. The molecule has 0 aliphatic heterocycles. The first-order chi connectivity index (χ1) is 11.1. The van der Waals surface area contributed by atoms with Gasteiger partial charge in [-0.3, -0.25) is 9.78 Å². The number of hydrogen-bond acceptors (Lipinski definition) is 3. The molecule has 2 heterocycles. The van der Waals surface area contributed by atoms with Gasteiger partial charge in [-0.15, -0.1) is 0 Å². The summed E-state index contributed by atoms with van der Waals surface area (Å²) >= 11 is 0. The van der Waals surface area contributed by atoms with E-state index in [9.17, 15) is 4.79 Å². The molecule has 1 N–H and O–H groups in total. The van der Waals surface area contributed by atoms with Gasteiger partial charge in [-0.25, -0.2) is 4.98 Å². The molecule has 2 aromatic heterocycles. The van der Waals surface area contributed by atoms with Crippen molar-refractivity contribution in [3.8, 4) is 0 Å². The summed E-state index contributed by atoms with van der Waals surface area (Å²) < 4.78 is 2.04. The Morgan fingerprint density at radius 2 is 1.87 bits per heavy atom. The second-order valence-electron chi connectivity index (χ2n) is 5.93. The molecule has 0 aliphatic carbocycles. The molecule has 0 saturated heterocycles. The Morgan fingerprint density at radius 3 is 2.52 bits per heavy atom. The van der Waals surface area contributed by atoms with Crippen molar-refractivity contribution in [2.75, 3.05) is 0 Å². The minimum atomic E-state index is -0.184. The molecule has 0 saturated carbocycles. The van der Waals surface area contributed by atoms with E-state index in [0.29, 0.717) is 5.69 Å². The lowest BCUT2D eigenvalue weighted by molar-refractivity contribution is 0.0917. The lowest BCUT2D eigenvalue weighted by Gasteiger charge is -2.22. The highest BCUT2D eigenvalue weighted by Crippen LogP contribution is 2.25. The molecule has 0 aliphatic rings. The minimum Gasteiger partial charge on any atom is -0.340 e. The summed E-state index contributed by atoms with van der Waals surface area (Å²) in [5.41, 5.74) is 2.40. The van der Waals surface area contributed by atoms with Gasteiger partial charge in [-0.1, -0.05) is 32.0 Å². The molecular formula is C18H20N4O. The van der Waals surface area contributed by atoms with E-state index in [1.54, 1.807) is 24.4 Å². The van der Waals surface area contributed by atoms with E-state index in [1.807, 2.05) is 35.9 Å². The average Bonchev–Trinajstić information content (AvgIpc) is 2.90. The van der Waals surface area contributed by atoms with Crippen LogP contribution in [0.2, 0.25) is 0 Å². The molecule has 3 rings (SSSR count). The van der Waals surface area contributed by atoms with Crippen LogP contribution < -0.4 is 5.32 Å². The Morgan fingerprint density at radius 1 is 1.13 bits per heavy atom. The molecule has 0 spiro atoms. The van der Waals surface area contributed by atoms with Gasteiger partial charge in [-0.05, 0) is 30.2 Å². The number of nitrogens with zero attached hydrogens (tertiary/aromatic N) is 3. The third-order valence-corrected chi connectivity index (χ3v) is 3.95. The molecule has 118 valence electrons. The van der Waals surface area contributed by atoms with Crippen molar-refractivity contribution >= 4 is 16.9 Å². The molecule has 1 aromatic carbocycles. The normalized spacial score (nSPS) is 12.5. The number of carbonyl (C=O) groups excluding carboxylic acids is 1. The predicted octanol–water partition coefficient (Wildman–Crippen LogP) is 3.10. The fourth-order valence-electron chi connectivity index (χ4n) is 2.68. The van der Waals surface area contributed by atoms with Crippen LogP contribution in [0.25, 0.3) is 11.0 Å². The first kappa shape index (κ1) is 15.2. The fourth-order valence-corrected chi connectivity index (χ4v) is 2.68. The molecule has 1 unspecified atom stereocenters. The number of para-hydroxylation sites is 2. The van der Waals surface area contributed by atoms with Crippen LogP contribution in [0.5, 0.6) is 0 Å². The molecule has 23 heavy (non-hydrogen) atoms. The van der Waals surface area contributed by atoms with Crippen LogP contribution in [0.3, 0.4) is 0 Å². The predicted molar refractivity (Wildman–Crippen MR) is 90.0 cm³/mol. The van der Waals surface area contributed by atoms with E-state index in [2.05, 4.69) is 24.1 Å². The Hall–Kier alpha value is -2.69. The molecular weight excluding hydrogens is 288 g/mol. The number of fused-ring (bicyclic) bond motifs is 1. The Kier molecular flexibility index (Phi) is 4.10. The van der Waals surface area contributed by atoms with E-state index in [-0.39, 0.29) is 17.9 Å². The van der Waals surface area contributed by atoms with E-state index in [0.717, 1.165) is 16.9 Å². The number of pyridine rings is 1. The van der Waals surface area contributed by atoms with Crippen molar-refractivity contribution in [3.63, 3.8) is 0 Å². The number of carbonyl (C=O) groups is 1. The molecule has 0 fully saturated rings. The zero-order valence-corrected chi connectivity index (χ0v) is 13.5. The largest absolute Gasteiger partial charge is 0.340 e. The topological polar surface area (TPSA) is 59.8 Å². The highest BCUT2D eigenvalue weighted by molar-refractivity contribution is 5.92. The molecule has 3 aromatic rings. The standard InChI is InChI=1S/C18H20N4O/c1-12(2)16(21-18(23)14-9-6-7-11-19-14)17-20-13-8-4-5-10-15(13)22(17)3/h4-12,16H,1-3H3,(H,21,23). The second-order valence-corrected chi connectivity index (χ2v) is 5.93. The highest BCUT2D eigenvalue weighted by atomic mass is 16.1. The van der Waals surface area contributed by atoms with Crippen LogP contribution in [0.4, 0.5) is 0 Å². The number of nitrogens with one attached hydrogen (secondary N) is 1. The lowest BCUT2D eigenvalue weighted by atomic mass is 10.0. The van der Waals surface area contributed by atoms with Gasteiger partial charge in [0.2, 0.25) is 0 Å². The smallest absolute Gasteiger partial charge is 0.270 e. The van der Waals surface area contributed by atoms with Crippen LogP contribution in [-0.4, -0.2) is 20.4 Å². The van der Waals surface area contributed by atoms with Gasteiger partial charge in [0.15, 0.2) is 0 Å². The first-order valence-electron chi connectivity index (χ1n) is 7.71. The summed E-state index contributed by atoms with van der Waals surface area (Å²) in [7, 11) is 1.98. The van der Waals surface area contributed by atoms with Crippen molar-refractivity contribution in [2.45, 2.75) is 19.9 Å². The van der Waals surface area contributed by atoms with Gasteiger partial charge in [0.1, 0.15) is 11.5 Å². The van der Waals surface area contributed by atoms with Gasteiger partial charge in [-0.2, -0.15) is 0 Å². The molecule has 1 atom stereocenters. The van der Waals surface area contributed by atoms with Crippen molar-refractivity contribution < 1.29 is 4.79 Å². The number of rotatable bonds is 4. The quantitative estimate of drug-likeness (QED) is 0.805. The van der Waals surface area contributed by atoms with Crippen molar-refractivity contribution in [1.29, 1.82) is 0 Å². The molecule has 5 nitrogen and oxygen atoms in total. The van der Waals surface area contributed by atoms with Gasteiger partial charge >= 0.3 is 0 Å². The van der Waals surface area contributed by atoms with E-state index in [4.69, 9.17) is 4.98 Å². The summed E-state index contributed by atoms with van der Waals surface area (Å²) in [6.45, 7) is 4.14. The number of aryl methyl sites for hydroxylation is 1. The van der Waals surface area contributed by atoms with Crippen LogP contribution >= 0.6 is 0 Å². The molecule has 0 bridgehead atoms. The SMILES string of the molecule is CC(C)C(NC(=O)c1ccccn1)c1nc2ccccc2n1C. The first-order valence-corrected chi connectivity index (χ1v) is 7.71. The van der Waals surface area contributed by atoms with Gasteiger partial charge in [0.05, 0.1) is 17.1 Å². The van der Waals surface area contributed by atoms with Gasteiger partial charge < -0.3 is 9.88 Å². The summed E-state index contributed by atoms with van der Waals surface area (Å²) in [6, 6.07) is 13.1. The van der Waals surface area contributed by atoms with Crippen molar-refractivity contribution in [2.24, 2.45) is 13.0 Å². The lowest BCUT2D eigenvalue weighted by Crippen LogP contribution is -2.33. The summed E-state index contributed by atoms with van der Waals surface area (Å²) in [5.74, 6) is 0.875. The van der Waals surface area contributed by atoms with E-state index in [1.165, 1.54) is 0 Å². The van der Waals surface area contributed by atoms with E-state index < -0.39 is 0 Å². The third kappa shape index (κ3) is 2.95. The number of benzene rings is 1. The summed E-state index contributed by atoms with van der Waals surface area (Å²) in [6.07, 6.45) is 1.62. The van der Waals surface area contributed by atoms with Crippen LogP contribution in [0, 0.1) is 5.92 Å². The maximum atomic E-state index is 12.4. The molecule has 1 amide bonds. The monoisotopic (exact) mass is 308 g/mol. The minimum absolute atomic E-state index is 0.179. The van der Waals surface area contributed by atoms with Crippen molar-refractivity contribution in [1.82, 2.24) is 19.9 Å². The maximum Gasteiger partial charge on any atom is 0.270 e. The summed E-state index contributed by atoms with van der Waals surface area (Å²) in [5, 5.41) is 3.07. The summed E-state index contributed by atoms with van der Waals surface area (Å²) in [4.78, 5) is 21.3. The molecule has 5 heteroatoms. The highest BCUT2D eigenvalue weighted by Gasteiger charge is 2.24. The maximum absolute atomic E-state index is 12.4. The average molecular weight is 308 g/mol. The fraction of sp³-hybridized carbons (Fsp3) is 0.278. The van der Waals surface area contributed by atoms with E-state index >= 15 is 0 Å². The van der Waals surface area contributed by atoms with Crippen LogP contribution in [0.15, 0.2) is 48.7 Å². The number of imidazole rings is 1. The number of amides is 1. The Balaban J connectivity index is 1.95. The zero-order chi connectivity index (χ0) is 16.4. The number of hydrogen-bond donors (Lipinski definition) is 1. The molecule has 0 radical (unpaired) electrons. The number of aromatic nitrogens is 3. The Labute approximate surface area is 135 Å². The van der Waals surface area contributed by atoms with Gasteiger partial charge in [0.25, 0.3) is 5.91 Å². The zero-order valence-electron chi connectivity index (χ0n) is 13.5. The van der Waals surface area contributed by atoms with Gasteiger partial charge in [0, 0.05) is 13.2 Å². The third-order valence-electron chi connectivity index (χ3n) is 3.95.